The Morgan fingerprint density at radius 1 is 1.31 bits per heavy atom. The van der Waals surface area contributed by atoms with Gasteiger partial charge in [0.05, 0.1) is 5.71 Å². The molecule has 3 nitrogen and oxygen atoms in total. The molecule has 0 aromatic heterocycles. The Balaban J connectivity index is 2.63. The summed E-state index contributed by atoms with van der Waals surface area (Å²) in [5.41, 5.74) is 0.554. The zero-order chi connectivity index (χ0) is 9.68. The number of amides is 1. The molecule has 68 valence electrons. The highest BCUT2D eigenvalue weighted by molar-refractivity contribution is 6.18. The van der Waals surface area contributed by atoms with Crippen LogP contribution in [0.25, 0.3) is 0 Å². The summed E-state index contributed by atoms with van der Waals surface area (Å²) >= 11 is 0. The molecule has 1 rings (SSSR count). The Kier molecular flexibility index (Phi) is 3.31. The molecule has 1 aliphatic carbocycles. The predicted molar refractivity (Wildman–Crippen MR) is 50.6 cm³/mol. The second-order valence-corrected chi connectivity index (χ2v) is 2.75. The van der Waals surface area contributed by atoms with Crippen molar-refractivity contribution in [1.29, 1.82) is 0 Å². The van der Waals surface area contributed by atoms with Gasteiger partial charge in [0.2, 0.25) is 5.91 Å². The molecule has 0 unspecified atom stereocenters. The van der Waals surface area contributed by atoms with Crippen LogP contribution in [0.15, 0.2) is 29.3 Å². The van der Waals surface area contributed by atoms with E-state index in [-0.39, 0.29) is 11.7 Å². The quantitative estimate of drug-likeness (QED) is 0.599. The molecule has 3 heteroatoms. The number of rotatable bonds is 2. The third kappa shape index (κ3) is 3.15. The molecule has 0 fully saturated rings. The largest absolute Gasteiger partial charge is 0.290 e. The molecule has 0 radical (unpaired) electrons. The van der Waals surface area contributed by atoms with E-state index in [0.717, 1.165) is 6.42 Å². The maximum Gasteiger partial charge on any atom is 0.246 e. The number of nitrogens with zero attached hydrogens (tertiary/aromatic N) is 1. The van der Waals surface area contributed by atoms with Crippen molar-refractivity contribution in [2.24, 2.45) is 4.99 Å². The normalized spacial score (nSPS) is 14.8. The van der Waals surface area contributed by atoms with Crippen LogP contribution in [0.3, 0.4) is 0 Å². The molecule has 0 atom stereocenters. The highest BCUT2D eigenvalue weighted by Gasteiger charge is 2.02. The fourth-order valence-electron chi connectivity index (χ4n) is 0.934. The van der Waals surface area contributed by atoms with Gasteiger partial charge in [0.25, 0.3) is 0 Å². The van der Waals surface area contributed by atoms with Crippen LogP contribution in [0.2, 0.25) is 0 Å². The van der Waals surface area contributed by atoms with Crippen molar-refractivity contribution in [3.8, 4) is 0 Å². The number of aliphatic imine (C=N–C) groups is 1. The van der Waals surface area contributed by atoms with Gasteiger partial charge < -0.3 is 0 Å². The standard InChI is InChI=1S/C10H11NO2/c1-2-3-10(13)11-8-4-6-9(12)7-5-8/h4-7H,2-3H2,1H3. The average molecular weight is 177 g/mol. The van der Waals surface area contributed by atoms with Crippen molar-refractivity contribution in [2.75, 3.05) is 0 Å². The van der Waals surface area contributed by atoms with E-state index in [1.54, 1.807) is 12.2 Å². The van der Waals surface area contributed by atoms with Crippen molar-refractivity contribution in [2.45, 2.75) is 19.8 Å². The third-order valence-corrected chi connectivity index (χ3v) is 1.55. The maximum absolute atomic E-state index is 11.1. The number of hydrogen-bond acceptors (Lipinski definition) is 2. The smallest absolute Gasteiger partial charge is 0.246 e. The molecule has 0 heterocycles. The predicted octanol–water partition coefficient (Wildman–Crippen LogP) is 1.45. The molecule has 0 bridgehead atoms. The Morgan fingerprint density at radius 2 is 1.92 bits per heavy atom. The number of allylic oxidation sites excluding steroid dienone is 4. The molecule has 0 N–H and O–H groups in total. The first-order valence-corrected chi connectivity index (χ1v) is 4.24. The van der Waals surface area contributed by atoms with Crippen molar-refractivity contribution in [3.05, 3.63) is 24.3 Å². The van der Waals surface area contributed by atoms with Crippen molar-refractivity contribution < 1.29 is 9.59 Å². The lowest BCUT2D eigenvalue weighted by Crippen LogP contribution is -2.03. The number of carbonyl (C=O) groups excluding carboxylic acids is 2. The lowest BCUT2D eigenvalue weighted by molar-refractivity contribution is -0.117. The molecule has 1 aliphatic rings. The van der Waals surface area contributed by atoms with Crippen LogP contribution in [0.5, 0.6) is 0 Å². The summed E-state index contributed by atoms with van der Waals surface area (Å²) in [6, 6.07) is 0. The van der Waals surface area contributed by atoms with E-state index in [4.69, 9.17) is 0 Å². The van der Waals surface area contributed by atoms with Gasteiger partial charge in [0, 0.05) is 6.42 Å². The van der Waals surface area contributed by atoms with Crippen LogP contribution in [0.1, 0.15) is 19.8 Å². The molecule has 0 aliphatic heterocycles. The maximum atomic E-state index is 11.1. The van der Waals surface area contributed by atoms with Gasteiger partial charge in [-0.3, -0.25) is 9.59 Å². The number of ketones is 1. The zero-order valence-electron chi connectivity index (χ0n) is 7.49. The SMILES string of the molecule is CCCC(=O)N=C1C=CC(=O)C=C1. The van der Waals surface area contributed by atoms with Gasteiger partial charge >= 0.3 is 0 Å². The van der Waals surface area contributed by atoms with Gasteiger partial charge in [-0.2, -0.15) is 0 Å². The molecular formula is C10H11NO2. The fourth-order valence-corrected chi connectivity index (χ4v) is 0.934. The van der Waals surface area contributed by atoms with Gasteiger partial charge in [-0.1, -0.05) is 6.92 Å². The van der Waals surface area contributed by atoms with E-state index in [2.05, 4.69) is 4.99 Å². The van der Waals surface area contributed by atoms with Crippen molar-refractivity contribution >= 4 is 17.4 Å². The van der Waals surface area contributed by atoms with Crippen molar-refractivity contribution in [1.82, 2.24) is 0 Å². The summed E-state index contributed by atoms with van der Waals surface area (Å²) in [5.74, 6) is -0.206. The van der Waals surface area contributed by atoms with Gasteiger partial charge in [-0.25, -0.2) is 4.99 Å². The van der Waals surface area contributed by atoms with E-state index < -0.39 is 0 Å². The lowest BCUT2D eigenvalue weighted by atomic mass is 10.1. The zero-order valence-corrected chi connectivity index (χ0v) is 7.49. The third-order valence-electron chi connectivity index (χ3n) is 1.55. The van der Waals surface area contributed by atoms with Crippen LogP contribution in [-0.2, 0) is 9.59 Å². The van der Waals surface area contributed by atoms with Crippen LogP contribution in [0, 0.1) is 0 Å². The molecule has 13 heavy (non-hydrogen) atoms. The Bertz CT molecular complexity index is 293. The second kappa shape index (κ2) is 4.50. The molecule has 1 amide bonds. The Labute approximate surface area is 76.9 Å². The first-order valence-electron chi connectivity index (χ1n) is 4.24. The van der Waals surface area contributed by atoms with E-state index in [0.29, 0.717) is 12.1 Å². The van der Waals surface area contributed by atoms with Crippen LogP contribution >= 0.6 is 0 Å². The molecule has 0 saturated carbocycles. The average Bonchev–Trinajstić information content (AvgIpc) is 2.09. The minimum atomic E-state index is -0.138. The number of carbonyl (C=O) groups is 2. The van der Waals surface area contributed by atoms with E-state index in [1.807, 2.05) is 6.92 Å². The van der Waals surface area contributed by atoms with Gasteiger partial charge in [-0.15, -0.1) is 0 Å². The molecule has 0 saturated heterocycles. The summed E-state index contributed by atoms with van der Waals surface area (Å²) in [6.45, 7) is 1.92. The monoisotopic (exact) mass is 177 g/mol. The summed E-state index contributed by atoms with van der Waals surface area (Å²) in [4.78, 5) is 25.6. The minimum absolute atomic E-state index is 0.0677. The Morgan fingerprint density at radius 3 is 2.46 bits per heavy atom. The summed E-state index contributed by atoms with van der Waals surface area (Å²) in [7, 11) is 0. The first kappa shape index (κ1) is 9.58. The fraction of sp³-hybridized carbons (Fsp3) is 0.300. The summed E-state index contributed by atoms with van der Waals surface area (Å²) in [5, 5.41) is 0. The van der Waals surface area contributed by atoms with Gasteiger partial charge in [0.15, 0.2) is 5.78 Å². The topological polar surface area (TPSA) is 46.5 Å². The van der Waals surface area contributed by atoms with Crippen LogP contribution in [0.4, 0.5) is 0 Å². The second-order valence-electron chi connectivity index (χ2n) is 2.75. The van der Waals surface area contributed by atoms with Gasteiger partial charge in [0.1, 0.15) is 0 Å². The van der Waals surface area contributed by atoms with E-state index in [9.17, 15) is 9.59 Å². The van der Waals surface area contributed by atoms with Gasteiger partial charge in [-0.05, 0) is 30.7 Å². The lowest BCUT2D eigenvalue weighted by Gasteiger charge is -1.97. The summed E-state index contributed by atoms with van der Waals surface area (Å²) in [6.07, 6.45) is 7.16. The molecular weight excluding hydrogens is 166 g/mol. The Hall–Kier alpha value is -1.51. The molecule has 0 aromatic rings. The highest BCUT2D eigenvalue weighted by atomic mass is 16.1. The van der Waals surface area contributed by atoms with Crippen LogP contribution in [-0.4, -0.2) is 17.4 Å². The first-order chi connectivity index (χ1) is 6.22. The highest BCUT2D eigenvalue weighted by Crippen LogP contribution is 1.98. The van der Waals surface area contributed by atoms with E-state index in [1.165, 1.54) is 12.2 Å². The molecule has 0 aromatic carbocycles. The summed E-state index contributed by atoms with van der Waals surface area (Å²) < 4.78 is 0. The van der Waals surface area contributed by atoms with Crippen molar-refractivity contribution in [3.63, 3.8) is 0 Å². The minimum Gasteiger partial charge on any atom is -0.290 e. The number of hydrogen-bond donors (Lipinski definition) is 0. The molecule has 0 spiro atoms. The van der Waals surface area contributed by atoms with E-state index >= 15 is 0 Å². The van der Waals surface area contributed by atoms with Crippen LogP contribution < -0.4 is 0 Å².